The molecular formula is C22H24ClF3N2O. The molecule has 29 heavy (non-hydrogen) atoms. The van der Waals surface area contributed by atoms with Crippen LogP contribution in [0.3, 0.4) is 0 Å². The normalized spacial score (nSPS) is 29.6. The maximum atomic E-state index is 14.5. The van der Waals surface area contributed by atoms with Crippen LogP contribution in [0.5, 0.6) is 5.75 Å². The zero-order chi connectivity index (χ0) is 19.3. The maximum Gasteiger partial charge on any atom is 0.219 e. The molecule has 0 amide bonds. The average molecular weight is 425 g/mol. The third-order valence-corrected chi connectivity index (χ3v) is 6.60. The van der Waals surface area contributed by atoms with Crippen LogP contribution >= 0.6 is 12.4 Å². The predicted molar refractivity (Wildman–Crippen MR) is 106 cm³/mol. The fourth-order valence-electron chi connectivity index (χ4n) is 5.13. The van der Waals surface area contributed by atoms with Crippen LogP contribution in [0.2, 0.25) is 0 Å². The van der Waals surface area contributed by atoms with Crippen molar-refractivity contribution in [3.05, 3.63) is 59.2 Å². The van der Waals surface area contributed by atoms with Gasteiger partial charge in [0.1, 0.15) is 12.4 Å². The highest BCUT2D eigenvalue weighted by atomic mass is 35.5. The number of aromatic nitrogens is 1. The Labute approximate surface area is 174 Å². The maximum absolute atomic E-state index is 14.5. The fraction of sp³-hybridized carbons (Fsp3) is 0.500. The lowest BCUT2D eigenvalue weighted by Gasteiger charge is -2.23. The second-order valence-corrected chi connectivity index (χ2v) is 8.44. The Morgan fingerprint density at radius 3 is 2.66 bits per heavy atom. The zero-order valence-corrected chi connectivity index (χ0v) is 16.7. The van der Waals surface area contributed by atoms with Crippen LogP contribution < -0.4 is 10.1 Å². The van der Waals surface area contributed by atoms with Crippen LogP contribution in [-0.4, -0.2) is 17.1 Å². The van der Waals surface area contributed by atoms with E-state index < -0.39 is 17.6 Å². The van der Waals surface area contributed by atoms with Gasteiger partial charge in [-0.05, 0) is 55.7 Å². The third kappa shape index (κ3) is 4.10. The first-order chi connectivity index (χ1) is 13.6. The van der Waals surface area contributed by atoms with Gasteiger partial charge in [0.25, 0.3) is 0 Å². The molecule has 3 aliphatic rings. The van der Waals surface area contributed by atoms with E-state index in [1.54, 1.807) is 12.1 Å². The Balaban J connectivity index is 0.00000205. The van der Waals surface area contributed by atoms with E-state index in [0.717, 1.165) is 24.3 Å². The highest BCUT2D eigenvalue weighted by molar-refractivity contribution is 5.85. The van der Waals surface area contributed by atoms with Crippen molar-refractivity contribution in [1.29, 1.82) is 0 Å². The summed E-state index contributed by atoms with van der Waals surface area (Å²) in [6.07, 6.45) is 7.35. The number of nitrogens with one attached hydrogen (secondary N) is 1. The molecule has 3 saturated carbocycles. The molecule has 5 rings (SSSR count). The lowest BCUT2D eigenvalue weighted by molar-refractivity contribution is 0.278. The first-order valence-electron chi connectivity index (χ1n) is 10.1. The minimum Gasteiger partial charge on any atom is -0.485 e. The first-order valence-corrected chi connectivity index (χ1v) is 10.1. The molecular weight excluding hydrogens is 401 g/mol. The molecule has 3 unspecified atom stereocenters. The topological polar surface area (TPSA) is 34.1 Å². The van der Waals surface area contributed by atoms with Gasteiger partial charge in [-0.3, -0.25) is 0 Å². The third-order valence-electron chi connectivity index (χ3n) is 6.60. The standard InChI is InChI=1S/C22H23F3N2O.ClH/c23-15-8-17(16-10-20(16)27-19-7-12-3-4-13(19)6-12)21(18(24)9-15)28-11-14-2-1-5-26-22(14)25;/h1-2,5,8-9,12-13,16,19-20,27H,3-4,6-7,10-11H2;1H/t12?,13?,16-,19?,20+;/m0./s1. The van der Waals surface area contributed by atoms with Gasteiger partial charge in [-0.1, -0.05) is 6.42 Å². The van der Waals surface area contributed by atoms with Gasteiger partial charge in [0, 0.05) is 41.4 Å². The number of benzene rings is 1. The van der Waals surface area contributed by atoms with Crippen LogP contribution in [0, 0.1) is 29.4 Å². The minimum absolute atomic E-state index is 0. The molecule has 1 aromatic carbocycles. The second-order valence-electron chi connectivity index (χ2n) is 8.44. The van der Waals surface area contributed by atoms with Gasteiger partial charge in [-0.25, -0.2) is 13.8 Å². The van der Waals surface area contributed by atoms with E-state index in [4.69, 9.17) is 4.74 Å². The molecule has 3 aliphatic carbocycles. The van der Waals surface area contributed by atoms with Crippen molar-refractivity contribution in [1.82, 2.24) is 10.3 Å². The number of hydrogen-bond donors (Lipinski definition) is 1. The van der Waals surface area contributed by atoms with Crippen molar-refractivity contribution in [2.75, 3.05) is 0 Å². The molecule has 1 N–H and O–H groups in total. The number of fused-ring (bicyclic) bond motifs is 2. The van der Waals surface area contributed by atoms with Gasteiger partial charge in [0.15, 0.2) is 11.6 Å². The van der Waals surface area contributed by atoms with Crippen LogP contribution in [0.15, 0.2) is 30.5 Å². The Morgan fingerprint density at radius 1 is 1.07 bits per heavy atom. The van der Waals surface area contributed by atoms with E-state index in [0.29, 0.717) is 11.6 Å². The molecule has 3 nitrogen and oxygen atoms in total. The Bertz CT molecular complexity index is 896. The van der Waals surface area contributed by atoms with Crippen molar-refractivity contribution < 1.29 is 17.9 Å². The van der Waals surface area contributed by atoms with Crippen molar-refractivity contribution in [3.63, 3.8) is 0 Å². The summed E-state index contributed by atoms with van der Waals surface area (Å²) in [5.41, 5.74) is 0.770. The number of hydrogen-bond acceptors (Lipinski definition) is 3. The summed E-state index contributed by atoms with van der Waals surface area (Å²) >= 11 is 0. The summed E-state index contributed by atoms with van der Waals surface area (Å²) in [4.78, 5) is 3.58. The van der Waals surface area contributed by atoms with E-state index in [-0.39, 0.29) is 42.3 Å². The molecule has 1 aromatic heterocycles. The number of rotatable bonds is 6. The predicted octanol–water partition coefficient (Wildman–Crippen LogP) is 5.13. The lowest BCUT2D eigenvalue weighted by atomic mass is 9.95. The second kappa shape index (κ2) is 8.15. The lowest BCUT2D eigenvalue weighted by Crippen LogP contribution is -2.36. The fourth-order valence-corrected chi connectivity index (χ4v) is 5.13. The molecule has 0 radical (unpaired) electrons. The van der Waals surface area contributed by atoms with Crippen LogP contribution in [0.4, 0.5) is 13.2 Å². The largest absolute Gasteiger partial charge is 0.485 e. The zero-order valence-electron chi connectivity index (χ0n) is 15.9. The van der Waals surface area contributed by atoms with Gasteiger partial charge < -0.3 is 10.1 Å². The highest BCUT2D eigenvalue weighted by Crippen LogP contribution is 2.50. The van der Waals surface area contributed by atoms with E-state index in [9.17, 15) is 13.2 Å². The van der Waals surface area contributed by atoms with Crippen molar-refractivity contribution in [3.8, 4) is 5.75 Å². The summed E-state index contributed by atoms with van der Waals surface area (Å²) in [5.74, 6) is -0.360. The summed E-state index contributed by atoms with van der Waals surface area (Å²) in [6, 6.07) is 6.06. The molecule has 7 heteroatoms. The van der Waals surface area contributed by atoms with E-state index in [1.807, 2.05) is 0 Å². The quantitative estimate of drug-likeness (QED) is 0.652. The van der Waals surface area contributed by atoms with Gasteiger partial charge in [0.05, 0.1) is 0 Å². The van der Waals surface area contributed by atoms with Gasteiger partial charge >= 0.3 is 0 Å². The van der Waals surface area contributed by atoms with Crippen LogP contribution in [0.1, 0.15) is 49.1 Å². The molecule has 2 bridgehead atoms. The number of halogens is 4. The van der Waals surface area contributed by atoms with Crippen LogP contribution in [0.25, 0.3) is 0 Å². The minimum atomic E-state index is -0.745. The Morgan fingerprint density at radius 2 is 1.93 bits per heavy atom. The molecule has 0 saturated heterocycles. The molecule has 5 atom stereocenters. The summed E-state index contributed by atoms with van der Waals surface area (Å²) in [7, 11) is 0. The first kappa shape index (κ1) is 20.5. The van der Waals surface area contributed by atoms with E-state index in [1.165, 1.54) is 37.9 Å². The SMILES string of the molecule is Cl.Fc1cc(F)c(OCc2cccnc2F)c([C@@H]2C[C@H]2NC2CC3CCC2C3)c1. The molecule has 0 aliphatic heterocycles. The highest BCUT2D eigenvalue weighted by Gasteiger charge is 2.46. The molecule has 156 valence electrons. The van der Waals surface area contributed by atoms with Gasteiger partial charge in [-0.2, -0.15) is 4.39 Å². The summed E-state index contributed by atoms with van der Waals surface area (Å²) in [5, 5.41) is 3.71. The summed E-state index contributed by atoms with van der Waals surface area (Å²) in [6.45, 7) is -0.146. The van der Waals surface area contributed by atoms with E-state index >= 15 is 0 Å². The van der Waals surface area contributed by atoms with Crippen molar-refractivity contribution >= 4 is 12.4 Å². The van der Waals surface area contributed by atoms with Crippen LogP contribution in [-0.2, 0) is 6.61 Å². The molecule has 1 heterocycles. The number of pyridine rings is 1. The number of ether oxygens (including phenoxy) is 1. The molecule has 0 spiro atoms. The average Bonchev–Trinajstić information content (AvgIpc) is 3.10. The Hall–Kier alpha value is -1.79. The number of nitrogens with zero attached hydrogens (tertiary/aromatic N) is 1. The smallest absolute Gasteiger partial charge is 0.219 e. The summed E-state index contributed by atoms with van der Waals surface area (Å²) < 4.78 is 47.7. The van der Waals surface area contributed by atoms with Crippen molar-refractivity contribution in [2.45, 2.75) is 56.7 Å². The van der Waals surface area contributed by atoms with Gasteiger partial charge in [-0.15, -0.1) is 12.4 Å². The van der Waals surface area contributed by atoms with Gasteiger partial charge in [0.2, 0.25) is 5.95 Å². The van der Waals surface area contributed by atoms with E-state index in [2.05, 4.69) is 10.3 Å². The monoisotopic (exact) mass is 424 g/mol. The van der Waals surface area contributed by atoms with Crippen molar-refractivity contribution in [2.24, 2.45) is 11.8 Å². The Kier molecular flexibility index (Phi) is 5.76. The molecule has 3 fully saturated rings. The molecule has 2 aromatic rings.